The largest absolute Gasteiger partial charge is 0.248 e. The van der Waals surface area contributed by atoms with E-state index in [4.69, 9.17) is 11.1 Å². The Morgan fingerprint density at radius 2 is 0.617 bits per heavy atom. The molecule has 0 spiro atoms. The van der Waals surface area contributed by atoms with Gasteiger partial charge < -0.3 is 0 Å². The van der Waals surface area contributed by atoms with Gasteiger partial charge in [0.25, 0.3) is 0 Å². The van der Waals surface area contributed by atoms with Crippen molar-refractivity contribution in [3.63, 3.8) is 0 Å². The van der Waals surface area contributed by atoms with Crippen LogP contribution in [0.3, 0.4) is 0 Å². The van der Waals surface area contributed by atoms with Crippen molar-refractivity contribution in [3.8, 4) is 0 Å². The fourth-order valence-corrected chi connectivity index (χ4v) is 13.0. The molecule has 0 fully saturated rings. The third-order valence-corrected chi connectivity index (χ3v) is 15.5. The van der Waals surface area contributed by atoms with Crippen LogP contribution in [-0.2, 0) is 19.3 Å². The first-order chi connectivity index (χ1) is 22.6. The van der Waals surface area contributed by atoms with Crippen molar-refractivity contribution < 1.29 is 0 Å². The number of aryl methyl sites for hydroxylation is 6. The van der Waals surface area contributed by atoms with Crippen LogP contribution in [0.4, 0.5) is 0 Å². The van der Waals surface area contributed by atoms with Crippen LogP contribution in [0.25, 0.3) is 0 Å². The maximum atomic E-state index is 8.42. The highest BCUT2D eigenvalue weighted by molar-refractivity contribution is 7.40. The number of benzene rings is 6. The van der Waals surface area contributed by atoms with Crippen LogP contribution in [0, 0.1) is 41.5 Å². The standard InChI is InChI=1S/C45H45ClSi/c1-31-25-43(34(4)22-40(31)28-37-16-10-7-11-17-37)47(46,44-26-32(2)41(23-35(44)5)29-38-18-12-8-13-19-38)45-27-33(3)42(24-36(45)6)30-39-20-14-9-15-21-39/h7-27H,28-30H2,1-6H3. The van der Waals surface area contributed by atoms with Gasteiger partial charge >= 0.3 is 0 Å². The lowest BCUT2D eigenvalue weighted by Gasteiger charge is -2.33. The molecule has 0 aliphatic heterocycles. The van der Waals surface area contributed by atoms with E-state index in [0.29, 0.717) is 0 Å². The first-order valence-corrected chi connectivity index (χ1v) is 19.8. The monoisotopic (exact) mass is 648 g/mol. The van der Waals surface area contributed by atoms with E-state index in [1.54, 1.807) is 0 Å². The molecule has 0 saturated carbocycles. The molecule has 0 aliphatic rings. The summed E-state index contributed by atoms with van der Waals surface area (Å²) >= 11 is 8.42. The molecule has 0 N–H and O–H groups in total. The van der Waals surface area contributed by atoms with Crippen LogP contribution >= 0.6 is 11.1 Å². The maximum absolute atomic E-state index is 8.42. The van der Waals surface area contributed by atoms with Gasteiger partial charge in [-0.25, -0.2) is 0 Å². The molecule has 0 amide bonds. The summed E-state index contributed by atoms with van der Waals surface area (Å²) in [6, 6.07) is 46.8. The fraction of sp³-hybridized carbons (Fsp3) is 0.200. The second kappa shape index (κ2) is 13.9. The molecule has 0 atom stereocenters. The Labute approximate surface area is 287 Å². The Kier molecular flexibility index (Phi) is 9.69. The molecule has 2 heteroatoms. The summed E-state index contributed by atoms with van der Waals surface area (Å²) in [6.45, 7) is 13.6. The van der Waals surface area contributed by atoms with Crippen molar-refractivity contribution in [1.82, 2.24) is 0 Å². The van der Waals surface area contributed by atoms with Gasteiger partial charge in [0.2, 0.25) is 7.38 Å². The Hall–Kier alpha value is -4.17. The number of rotatable bonds is 9. The molecule has 0 aromatic heterocycles. The zero-order chi connectivity index (χ0) is 33.1. The van der Waals surface area contributed by atoms with E-state index >= 15 is 0 Å². The van der Waals surface area contributed by atoms with Crippen LogP contribution < -0.4 is 15.6 Å². The van der Waals surface area contributed by atoms with E-state index < -0.39 is 7.38 Å². The zero-order valence-corrected chi connectivity index (χ0v) is 30.4. The number of hydrogen-bond donors (Lipinski definition) is 0. The summed E-state index contributed by atoms with van der Waals surface area (Å²) in [6.07, 6.45) is 2.76. The highest BCUT2D eigenvalue weighted by Gasteiger charge is 2.42. The number of hydrogen-bond acceptors (Lipinski definition) is 0. The minimum absolute atomic E-state index is 0.920. The van der Waals surface area contributed by atoms with Gasteiger partial charge in [0, 0.05) is 0 Å². The third-order valence-electron chi connectivity index (χ3n) is 9.87. The van der Waals surface area contributed by atoms with Gasteiger partial charge in [0.1, 0.15) is 0 Å². The van der Waals surface area contributed by atoms with Crippen molar-refractivity contribution in [1.29, 1.82) is 0 Å². The molecule has 0 bridgehead atoms. The zero-order valence-electron chi connectivity index (χ0n) is 28.6. The van der Waals surface area contributed by atoms with Gasteiger partial charge in [-0.15, -0.1) is 11.1 Å². The average molecular weight is 649 g/mol. The Morgan fingerprint density at radius 3 is 0.872 bits per heavy atom. The SMILES string of the molecule is Cc1cc([Si](Cl)(c2cc(C)c(Cc3ccccc3)cc2C)c2cc(C)c(Cc3ccccc3)cc2C)c(C)cc1Cc1ccccc1. The van der Waals surface area contributed by atoms with E-state index in [0.717, 1.165) is 19.3 Å². The second-order valence-corrected chi connectivity index (χ2v) is 18.1. The quantitative estimate of drug-likeness (QED) is 0.0832. The molecule has 0 nitrogen and oxygen atoms in total. The lowest BCUT2D eigenvalue weighted by Crippen LogP contribution is -2.65. The summed E-state index contributed by atoms with van der Waals surface area (Å²) in [5, 5.41) is 3.89. The summed E-state index contributed by atoms with van der Waals surface area (Å²) in [5.41, 5.74) is 15.8. The van der Waals surface area contributed by atoms with Gasteiger partial charge in [-0.2, -0.15) is 0 Å². The summed E-state index contributed by atoms with van der Waals surface area (Å²) < 4.78 is 0. The van der Waals surface area contributed by atoms with Gasteiger partial charge in [-0.3, -0.25) is 0 Å². The first-order valence-electron chi connectivity index (χ1n) is 16.8. The van der Waals surface area contributed by atoms with Gasteiger partial charge in [0.05, 0.1) is 0 Å². The molecular formula is C45H45ClSi. The topological polar surface area (TPSA) is 0 Å². The Bertz CT molecular complexity index is 1780. The Morgan fingerprint density at radius 1 is 0.362 bits per heavy atom. The second-order valence-electron chi connectivity index (χ2n) is 13.4. The van der Waals surface area contributed by atoms with Crippen LogP contribution in [0.1, 0.15) is 66.8 Å². The molecule has 47 heavy (non-hydrogen) atoms. The minimum atomic E-state index is -2.98. The molecule has 6 aromatic carbocycles. The Balaban J connectivity index is 1.51. The normalized spacial score (nSPS) is 11.6. The summed E-state index contributed by atoms with van der Waals surface area (Å²) in [5.74, 6) is 0. The predicted molar refractivity (Wildman–Crippen MR) is 206 cm³/mol. The van der Waals surface area contributed by atoms with Crippen LogP contribution in [0.5, 0.6) is 0 Å². The van der Waals surface area contributed by atoms with Crippen molar-refractivity contribution >= 4 is 34.0 Å². The molecule has 0 heterocycles. The van der Waals surface area contributed by atoms with Crippen molar-refractivity contribution in [2.75, 3.05) is 0 Å². The molecule has 6 aromatic rings. The van der Waals surface area contributed by atoms with E-state index in [1.807, 2.05) is 0 Å². The van der Waals surface area contributed by atoms with E-state index in [-0.39, 0.29) is 0 Å². The molecule has 0 unspecified atom stereocenters. The molecule has 0 aliphatic carbocycles. The average Bonchev–Trinajstić information content (AvgIpc) is 3.07. The highest BCUT2D eigenvalue weighted by atomic mass is 35.6. The third kappa shape index (κ3) is 6.93. The van der Waals surface area contributed by atoms with Gasteiger partial charge in [0.15, 0.2) is 0 Å². The molecule has 236 valence electrons. The lowest BCUT2D eigenvalue weighted by atomic mass is 9.98. The number of halogens is 1. The van der Waals surface area contributed by atoms with Crippen molar-refractivity contribution in [2.24, 2.45) is 0 Å². The van der Waals surface area contributed by atoms with Crippen LogP contribution in [0.2, 0.25) is 0 Å². The van der Waals surface area contributed by atoms with Crippen molar-refractivity contribution in [3.05, 3.63) is 194 Å². The minimum Gasteiger partial charge on any atom is -0.149 e. The maximum Gasteiger partial charge on any atom is 0.248 e. The predicted octanol–water partition coefficient (Wildman–Crippen LogP) is 9.52. The van der Waals surface area contributed by atoms with E-state index in [2.05, 4.69) is 169 Å². The van der Waals surface area contributed by atoms with Crippen LogP contribution in [-0.4, -0.2) is 7.38 Å². The lowest BCUT2D eigenvalue weighted by molar-refractivity contribution is 1.15. The van der Waals surface area contributed by atoms with Crippen LogP contribution in [0.15, 0.2) is 127 Å². The molecule has 0 saturated heterocycles. The van der Waals surface area contributed by atoms with Gasteiger partial charge in [-0.05, 0) is 143 Å². The smallest absolute Gasteiger partial charge is 0.149 e. The summed E-state index contributed by atoms with van der Waals surface area (Å²) in [7, 11) is -2.98. The highest BCUT2D eigenvalue weighted by Crippen LogP contribution is 2.26. The first kappa shape index (κ1) is 32.8. The van der Waals surface area contributed by atoms with Gasteiger partial charge in [-0.1, -0.05) is 127 Å². The molecular weight excluding hydrogens is 604 g/mol. The van der Waals surface area contributed by atoms with Crippen molar-refractivity contribution in [2.45, 2.75) is 60.8 Å². The summed E-state index contributed by atoms with van der Waals surface area (Å²) in [4.78, 5) is 0. The fourth-order valence-electron chi connectivity index (χ4n) is 7.20. The molecule has 0 radical (unpaired) electrons. The van der Waals surface area contributed by atoms with E-state index in [1.165, 1.54) is 82.3 Å². The molecule has 6 rings (SSSR count). The van der Waals surface area contributed by atoms with E-state index in [9.17, 15) is 0 Å².